The van der Waals surface area contributed by atoms with E-state index in [2.05, 4.69) is 52.1 Å². The molecular weight excluding hydrogens is 290 g/mol. The molecule has 2 rings (SSSR count). The Kier molecular flexibility index (Phi) is 4.82. The fraction of sp³-hybridized carbons (Fsp3) is 0.600. The number of benzene rings is 1. The monoisotopic (exact) mass is 311 g/mol. The van der Waals surface area contributed by atoms with Gasteiger partial charge in [0.2, 0.25) is 0 Å². The van der Waals surface area contributed by atoms with Crippen molar-refractivity contribution in [2.24, 2.45) is 5.41 Å². The topological polar surface area (TPSA) is 23.5 Å². The molecule has 100 valence electrons. The summed E-state index contributed by atoms with van der Waals surface area (Å²) >= 11 is 3.50. The molecule has 1 aliphatic carbocycles. The molecule has 1 aliphatic rings. The van der Waals surface area contributed by atoms with Crippen LogP contribution in [0.25, 0.3) is 0 Å². The van der Waals surface area contributed by atoms with Gasteiger partial charge >= 0.3 is 0 Å². The van der Waals surface area contributed by atoms with Crippen LogP contribution in [0.1, 0.15) is 24.8 Å². The molecule has 0 amide bonds. The Balaban J connectivity index is 1.79. The summed E-state index contributed by atoms with van der Waals surface area (Å²) in [6, 6.07) is 8.49. The third-order valence-electron chi connectivity index (χ3n) is 4.03. The van der Waals surface area contributed by atoms with Crippen LogP contribution in [0.2, 0.25) is 0 Å². The van der Waals surface area contributed by atoms with Gasteiger partial charge < -0.3 is 10.0 Å². The van der Waals surface area contributed by atoms with Gasteiger partial charge in [0, 0.05) is 29.6 Å². The molecule has 1 aromatic carbocycles. The molecule has 1 N–H and O–H groups in total. The number of nitrogens with zero attached hydrogens (tertiary/aromatic N) is 1. The van der Waals surface area contributed by atoms with Gasteiger partial charge in [-0.3, -0.25) is 0 Å². The molecule has 0 aliphatic heterocycles. The maximum Gasteiger partial charge on any atom is 0.0499 e. The van der Waals surface area contributed by atoms with Crippen molar-refractivity contribution in [1.29, 1.82) is 0 Å². The zero-order chi connectivity index (χ0) is 13.0. The summed E-state index contributed by atoms with van der Waals surface area (Å²) in [5, 5.41) is 9.47. The molecular formula is C15H22BrNO. The van der Waals surface area contributed by atoms with Gasteiger partial charge in [-0.05, 0) is 44.0 Å². The zero-order valence-electron chi connectivity index (χ0n) is 11.0. The van der Waals surface area contributed by atoms with E-state index >= 15 is 0 Å². The Bertz CT molecular complexity index is 384. The van der Waals surface area contributed by atoms with Gasteiger partial charge in [-0.25, -0.2) is 0 Å². The third kappa shape index (κ3) is 3.56. The summed E-state index contributed by atoms with van der Waals surface area (Å²) in [6.07, 6.45) is 4.72. The lowest BCUT2D eigenvalue weighted by atomic mass is 9.69. The van der Waals surface area contributed by atoms with Gasteiger partial charge in [0.1, 0.15) is 0 Å². The number of likely N-dealkylation sites (N-methyl/N-ethyl adjacent to an activating group) is 1. The molecule has 0 bridgehead atoms. The molecule has 1 fully saturated rings. The smallest absolute Gasteiger partial charge is 0.0499 e. The average Bonchev–Trinajstić information content (AvgIpc) is 2.31. The molecule has 0 aromatic heterocycles. The highest BCUT2D eigenvalue weighted by Gasteiger charge is 2.36. The van der Waals surface area contributed by atoms with E-state index in [1.807, 2.05) is 0 Å². The first-order valence-corrected chi connectivity index (χ1v) is 7.47. The molecule has 1 aromatic rings. The molecule has 18 heavy (non-hydrogen) atoms. The predicted octanol–water partition coefficient (Wildman–Crippen LogP) is 3.09. The maximum atomic E-state index is 9.47. The van der Waals surface area contributed by atoms with Gasteiger partial charge in [0.25, 0.3) is 0 Å². The highest BCUT2D eigenvalue weighted by Crippen LogP contribution is 2.40. The predicted molar refractivity (Wildman–Crippen MR) is 78.7 cm³/mol. The quantitative estimate of drug-likeness (QED) is 0.872. The Morgan fingerprint density at radius 2 is 2.17 bits per heavy atom. The fourth-order valence-electron chi connectivity index (χ4n) is 2.71. The summed E-state index contributed by atoms with van der Waals surface area (Å²) in [7, 11) is 2.16. The molecule has 0 atom stereocenters. The SMILES string of the molecule is CN(CCc1cccc(Br)c1)CC1(CO)CCC1. The van der Waals surface area contributed by atoms with E-state index in [-0.39, 0.29) is 5.41 Å². The van der Waals surface area contributed by atoms with Crippen LogP contribution in [0.4, 0.5) is 0 Å². The number of hydrogen-bond donors (Lipinski definition) is 1. The van der Waals surface area contributed by atoms with Gasteiger partial charge in [-0.2, -0.15) is 0 Å². The van der Waals surface area contributed by atoms with Gasteiger partial charge in [0.15, 0.2) is 0 Å². The van der Waals surface area contributed by atoms with Crippen LogP contribution in [0.15, 0.2) is 28.7 Å². The fourth-order valence-corrected chi connectivity index (χ4v) is 3.15. The van der Waals surface area contributed by atoms with Gasteiger partial charge in [-0.15, -0.1) is 0 Å². The summed E-state index contributed by atoms with van der Waals surface area (Å²) in [6.45, 7) is 2.42. The third-order valence-corrected chi connectivity index (χ3v) is 4.52. The van der Waals surface area contributed by atoms with Crippen molar-refractivity contribution in [3.63, 3.8) is 0 Å². The Morgan fingerprint density at radius 3 is 2.72 bits per heavy atom. The highest BCUT2D eigenvalue weighted by atomic mass is 79.9. The number of hydrogen-bond acceptors (Lipinski definition) is 2. The van der Waals surface area contributed by atoms with Crippen molar-refractivity contribution in [1.82, 2.24) is 4.90 Å². The summed E-state index contributed by atoms with van der Waals surface area (Å²) < 4.78 is 1.15. The van der Waals surface area contributed by atoms with Crippen LogP contribution in [0.3, 0.4) is 0 Å². The average molecular weight is 312 g/mol. The molecule has 3 heteroatoms. The van der Waals surface area contributed by atoms with E-state index in [4.69, 9.17) is 0 Å². The maximum absolute atomic E-state index is 9.47. The Labute approximate surface area is 118 Å². The Hall–Kier alpha value is -0.380. The summed E-state index contributed by atoms with van der Waals surface area (Å²) in [5.74, 6) is 0. The van der Waals surface area contributed by atoms with Crippen LogP contribution in [0, 0.1) is 5.41 Å². The van der Waals surface area contributed by atoms with E-state index in [9.17, 15) is 5.11 Å². The van der Waals surface area contributed by atoms with Crippen molar-refractivity contribution in [2.75, 3.05) is 26.7 Å². The first kappa shape index (κ1) is 14.0. The van der Waals surface area contributed by atoms with Crippen LogP contribution >= 0.6 is 15.9 Å². The lowest BCUT2D eigenvalue weighted by Gasteiger charge is -2.43. The minimum atomic E-state index is 0.200. The molecule has 1 saturated carbocycles. The van der Waals surface area contributed by atoms with Gasteiger partial charge in [0.05, 0.1) is 0 Å². The summed E-state index contributed by atoms with van der Waals surface area (Å²) in [5.41, 5.74) is 1.56. The standard InChI is InChI=1S/C15H22BrNO/c1-17(11-15(12-18)7-3-8-15)9-6-13-4-2-5-14(16)10-13/h2,4-5,10,18H,3,6-9,11-12H2,1H3. The first-order valence-electron chi connectivity index (χ1n) is 6.67. The van der Waals surface area contributed by atoms with Crippen molar-refractivity contribution in [3.05, 3.63) is 34.3 Å². The van der Waals surface area contributed by atoms with E-state index in [0.717, 1.165) is 24.0 Å². The number of aliphatic hydroxyl groups is 1. The first-order chi connectivity index (χ1) is 8.63. The molecule has 0 spiro atoms. The second kappa shape index (κ2) is 6.18. The molecule has 0 saturated heterocycles. The normalized spacial score (nSPS) is 17.8. The van der Waals surface area contributed by atoms with Crippen LogP contribution in [0.5, 0.6) is 0 Å². The second-order valence-electron chi connectivity index (χ2n) is 5.63. The van der Waals surface area contributed by atoms with Crippen LogP contribution in [-0.4, -0.2) is 36.8 Å². The minimum Gasteiger partial charge on any atom is -0.396 e. The molecule has 2 nitrogen and oxygen atoms in total. The number of rotatable bonds is 6. The van der Waals surface area contributed by atoms with E-state index < -0.39 is 0 Å². The Morgan fingerprint density at radius 1 is 1.39 bits per heavy atom. The van der Waals surface area contributed by atoms with E-state index in [1.165, 1.54) is 24.8 Å². The van der Waals surface area contributed by atoms with Crippen molar-refractivity contribution in [3.8, 4) is 0 Å². The van der Waals surface area contributed by atoms with Crippen LogP contribution < -0.4 is 0 Å². The lowest BCUT2D eigenvalue weighted by molar-refractivity contribution is 0.0149. The van der Waals surface area contributed by atoms with Crippen molar-refractivity contribution in [2.45, 2.75) is 25.7 Å². The number of aliphatic hydroxyl groups excluding tert-OH is 1. The van der Waals surface area contributed by atoms with Gasteiger partial charge in [-0.1, -0.05) is 34.5 Å². The molecule has 0 radical (unpaired) electrons. The van der Waals surface area contributed by atoms with Crippen LogP contribution in [-0.2, 0) is 6.42 Å². The largest absolute Gasteiger partial charge is 0.396 e. The molecule has 0 unspecified atom stereocenters. The highest BCUT2D eigenvalue weighted by molar-refractivity contribution is 9.10. The van der Waals surface area contributed by atoms with E-state index in [1.54, 1.807) is 0 Å². The van der Waals surface area contributed by atoms with E-state index in [0.29, 0.717) is 6.61 Å². The lowest BCUT2D eigenvalue weighted by Crippen LogP contribution is -2.44. The second-order valence-corrected chi connectivity index (χ2v) is 6.55. The molecule has 0 heterocycles. The van der Waals surface area contributed by atoms with Crippen molar-refractivity contribution < 1.29 is 5.11 Å². The zero-order valence-corrected chi connectivity index (χ0v) is 12.6. The summed E-state index contributed by atoms with van der Waals surface area (Å²) in [4.78, 5) is 2.36. The van der Waals surface area contributed by atoms with Crippen molar-refractivity contribution >= 4 is 15.9 Å². The number of halogens is 1. The minimum absolute atomic E-state index is 0.200.